The first-order valence-corrected chi connectivity index (χ1v) is 25.1. The van der Waals surface area contributed by atoms with Crippen molar-refractivity contribution in [3.05, 3.63) is 80.2 Å². The minimum atomic E-state index is -4.12. The lowest BCUT2D eigenvalue weighted by Crippen LogP contribution is -2.35. The second-order valence-electron chi connectivity index (χ2n) is 19.8. The Labute approximate surface area is 379 Å². The number of anilines is 1. The smallest absolute Gasteiger partial charge is 0.333 e. The van der Waals surface area contributed by atoms with E-state index in [2.05, 4.69) is 32.4 Å². The third-order valence-electron chi connectivity index (χ3n) is 11.8. The number of nitrogens with zero attached hydrogens (tertiary/aromatic N) is 7. The van der Waals surface area contributed by atoms with Crippen molar-refractivity contribution in [3.8, 4) is 12.0 Å². The van der Waals surface area contributed by atoms with Gasteiger partial charge in [0, 0.05) is 30.9 Å². The number of nitrogens with one attached hydrogen (secondary N) is 2. The maximum absolute atomic E-state index is 13.0. The van der Waals surface area contributed by atoms with Gasteiger partial charge in [-0.15, -0.1) is 5.26 Å². The molecule has 2 aromatic heterocycles. The van der Waals surface area contributed by atoms with E-state index >= 15 is 0 Å². The fourth-order valence-electron chi connectivity index (χ4n) is 9.31. The predicted molar refractivity (Wildman–Crippen MR) is 247 cm³/mol. The molecule has 64 heavy (non-hydrogen) atoms. The molecular weight excluding hydrogens is 853 g/mol. The molecule has 4 aliphatic carbocycles. The van der Waals surface area contributed by atoms with Crippen LogP contribution in [0.1, 0.15) is 123 Å². The van der Waals surface area contributed by atoms with E-state index in [1.54, 1.807) is 15.4 Å². The summed E-state index contributed by atoms with van der Waals surface area (Å²) in [5, 5.41) is 24.9. The Morgan fingerprint density at radius 3 is 1.47 bits per heavy atom. The van der Waals surface area contributed by atoms with Gasteiger partial charge in [-0.2, -0.15) is 18.6 Å². The number of amides is 2. The fraction of sp³-hybridized carbons (Fsp3) is 0.565. The molecule has 4 aromatic rings. The first kappa shape index (κ1) is 48.7. The van der Waals surface area contributed by atoms with E-state index in [-0.39, 0.29) is 15.6 Å². The van der Waals surface area contributed by atoms with E-state index in [9.17, 15) is 21.6 Å². The second-order valence-corrected chi connectivity index (χ2v) is 22.9. The average molecular weight is 919 g/mol. The number of nitriles is 1. The molecule has 0 fully saturated rings. The van der Waals surface area contributed by atoms with Crippen LogP contribution < -0.4 is 19.9 Å². The Hall–Kier alpha value is -4.80. The second kappa shape index (κ2) is 19.0. The Morgan fingerprint density at radius 2 is 1.08 bits per heavy atom. The third kappa shape index (κ3) is 11.2. The number of nitrogens with two attached hydrogens (primary N) is 1. The molecule has 18 heteroatoms. The number of aryl methyl sites for hydroxylation is 4. The molecule has 2 amide bonds. The van der Waals surface area contributed by atoms with Crippen LogP contribution in [0.15, 0.2) is 34.3 Å². The zero-order valence-electron chi connectivity index (χ0n) is 39.2. The van der Waals surface area contributed by atoms with Gasteiger partial charge in [-0.05, 0) is 191 Å². The molecule has 0 unspecified atom stereocenters. The molecule has 0 atom stereocenters. The minimum Gasteiger partial charge on any atom is -0.387 e. The molecule has 2 aromatic carbocycles. The van der Waals surface area contributed by atoms with Gasteiger partial charge in [-0.25, -0.2) is 23.1 Å². The third-order valence-corrected chi connectivity index (χ3v) is 13.8. The highest BCUT2D eigenvalue weighted by Gasteiger charge is 2.30. The highest BCUT2D eigenvalue weighted by atomic mass is 32.2. The van der Waals surface area contributed by atoms with Crippen LogP contribution in [0.3, 0.4) is 0 Å². The molecule has 0 spiro atoms. The minimum absolute atomic E-state index is 0.0794. The first-order valence-electron chi connectivity index (χ1n) is 22.1. The van der Waals surface area contributed by atoms with E-state index in [4.69, 9.17) is 15.1 Å². The van der Waals surface area contributed by atoms with Crippen LogP contribution in [-0.4, -0.2) is 80.4 Å². The van der Waals surface area contributed by atoms with Gasteiger partial charge in [0.2, 0.25) is 0 Å². The van der Waals surface area contributed by atoms with Gasteiger partial charge in [-0.1, -0.05) is 12.1 Å². The van der Waals surface area contributed by atoms with Crippen LogP contribution in [0.5, 0.6) is 5.75 Å². The van der Waals surface area contributed by atoms with Crippen molar-refractivity contribution in [1.82, 2.24) is 34.1 Å². The first-order chi connectivity index (χ1) is 29.9. The summed E-state index contributed by atoms with van der Waals surface area (Å²) in [5.74, 6) is 0.903. The standard InChI is InChI=1S/C23H33N5O3S.C13H13NO.C10H20N4O2S/c1-23(2,3)28-17(14-27(4)5)13-20(25-28)32(30,31)26-22(29)24-21-18-10-6-8-15(18)12-16-9-7-11-19(16)21;14-8-15-13-11-5-1-3-9(11)7-10-4-2-6-12(10)13;1-10(2,3)14-8(7-13(4)5)6-9(12-14)17(11,15)16/h12-13H,6-11,14H2,1-5H3,(H2,24,26,29);7H,1-6H2;6H,7H2,1-5H3,(H2,11,15,16). The number of ether oxygens (including phenoxy) is 1. The normalized spacial score (nSPS) is 15.4. The highest BCUT2D eigenvalue weighted by Crippen LogP contribution is 2.41. The highest BCUT2D eigenvalue weighted by molar-refractivity contribution is 7.90. The lowest BCUT2D eigenvalue weighted by atomic mass is 9.99. The van der Waals surface area contributed by atoms with Crippen molar-refractivity contribution in [3.63, 3.8) is 0 Å². The van der Waals surface area contributed by atoms with Gasteiger partial charge >= 0.3 is 6.03 Å². The van der Waals surface area contributed by atoms with Gasteiger partial charge in [0.25, 0.3) is 26.3 Å². The number of primary sulfonamides is 1. The number of aromatic nitrogens is 4. The van der Waals surface area contributed by atoms with Gasteiger partial charge in [0.05, 0.1) is 22.5 Å². The van der Waals surface area contributed by atoms with Crippen molar-refractivity contribution >= 4 is 31.8 Å². The van der Waals surface area contributed by atoms with Crippen molar-refractivity contribution in [2.75, 3.05) is 33.5 Å². The zero-order chi connectivity index (χ0) is 46.9. The van der Waals surface area contributed by atoms with Crippen molar-refractivity contribution in [2.45, 2.75) is 153 Å². The molecule has 348 valence electrons. The molecule has 4 aliphatic rings. The molecule has 0 saturated heterocycles. The molecule has 0 bridgehead atoms. The maximum Gasteiger partial charge on any atom is 0.333 e. The van der Waals surface area contributed by atoms with Crippen LogP contribution in [0, 0.1) is 11.5 Å². The Bertz CT molecular complexity index is 2600. The summed E-state index contributed by atoms with van der Waals surface area (Å²) in [4.78, 5) is 16.7. The monoisotopic (exact) mass is 918 g/mol. The Kier molecular flexibility index (Phi) is 14.4. The fourth-order valence-corrected chi connectivity index (χ4v) is 10.7. The molecule has 4 N–H and O–H groups in total. The van der Waals surface area contributed by atoms with Crippen LogP contribution in [0.4, 0.5) is 10.5 Å². The van der Waals surface area contributed by atoms with Crippen molar-refractivity contribution in [1.29, 1.82) is 5.26 Å². The van der Waals surface area contributed by atoms with Gasteiger partial charge in [0.15, 0.2) is 10.1 Å². The number of sulfonamides is 2. The molecule has 8 rings (SSSR count). The van der Waals surface area contributed by atoms with E-state index in [0.29, 0.717) is 13.1 Å². The van der Waals surface area contributed by atoms with Crippen molar-refractivity contribution in [2.24, 2.45) is 5.14 Å². The number of hydrogen-bond acceptors (Lipinski definition) is 11. The number of benzene rings is 2. The molecule has 16 nitrogen and oxygen atoms in total. The number of hydrogen-bond donors (Lipinski definition) is 3. The Balaban J connectivity index is 0.000000178. The SMILES string of the molecule is CN(C)Cc1cc(S(=O)(=O)NC(=O)Nc2c3c(cc4c2CCC4)CCC3)nn1C(C)(C)C.CN(C)Cc1cc(S(N)(=O)=O)nn1C(C)(C)C.N#COc1c2c(cc3c1CCC3)CCC2. The summed E-state index contributed by atoms with van der Waals surface area (Å²) in [6.07, 6.45) is 14.7. The number of urea groups is 1. The number of carbonyl (C=O) groups excluding carboxylic acids is 1. The number of carbonyl (C=O) groups is 1. The Morgan fingerprint density at radius 1 is 0.688 bits per heavy atom. The van der Waals surface area contributed by atoms with Gasteiger partial charge in [0.1, 0.15) is 5.75 Å². The largest absolute Gasteiger partial charge is 0.387 e. The van der Waals surface area contributed by atoms with Crippen LogP contribution in [-0.2, 0) is 95.6 Å². The number of fused-ring (bicyclic) bond motifs is 4. The predicted octanol–water partition coefficient (Wildman–Crippen LogP) is 6.06. The van der Waals surface area contributed by atoms with Crippen LogP contribution in [0.25, 0.3) is 0 Å². The van der Waals surface area contributed by atoms with E-state index < -0.39 is 31.6 Å². The summed E-state index contributed by atoms with van der Waals surface area (Å²) in [5.41, 5.74) is 12.0. The molecule has 0 aliphatic heterocycles. The van der Waals surface area contributed by atoms with Gasteiger partial charge in [-0.3, -0.25) is 9.36 Å². The van der Waals surface area contributed by atoms with Gasteiger partial charge < -0.3 is 19.9 Å². The maximum atomic E-state index is 13.0. The van der Waals surface area contributed by atoms with Crippen molar-refractivity contribution < 1.29 is 26.4 Å². The molecule has 0 radical (unpaired) electrons. The van der Waals surface area contributed by atoms with E-state index in [1.165, 1.54) is 52.3 Å². The lowest BCUT2D eigenvalue weighted by molar-refractivity contribution is 0.256. The van der Waals surface area contributed by atoms with Crippen LogP contribution in [0.2, 0.25) is 0 Å². The summed E-state index contributed by atoms with van der Waals surface area (Å²) in [7, 11) is -0.216. The van der Waals surface area contributed by atoms with E-state index in [0.717, 1.165) is 98.2 Å². The molecule has 2 heterocycles. The summed E-state index contributed by atoms with van der Waals surface area (Å²) < 4.78 is 59.4. The lowest BCUT2D eigenvalue weighted by Gasteiger charge is -2.23. The quantitative estimate of drug-likeness (QED) is 0.164. The average Bonchev–Trinajstić information content (AvgIpc) is 4.02. The van der Waals surface area contributed by atoms with E-state index in [1.807, 2.05) is 85.8 Å². The summed E-state index contributed by atoms with van der Waals surface area (Å²) in [6, 6.07) is 6.95. The summed E-state index contributed by atoms with van der Waals surface area (Å²) >= 11 is 0. The number of rotatable bonds is 9. The molecular formula is C46H66N10O6S2. The molecule has 0 saturated carbocycles. The topological polar surface area (TPSA) is 211 Å². The van der Waals surface area contributed by atoms with Crippen LogP contribution >= 0.6 is 0 Å². The summed E-state index contributed by atoms with van der Waals surface area (Å²) in [6.45, 7) is 12.9. The zero-order valence-corrected chi connectivity index (χ0v) is 40.8.